The number of aliphatic hydroxyl groups excluding tert-OH is 1. The van der Waals surface area contributed by atoms with Gasteiger partial charge in [0.05, 0.1) is 6.61 Å². The zero-order valence-corrected chi connectivity index (χ0v) is 7.11. The largest absolute Gasteiger partial charge is 0.573 e. The van der Waals surface area contributed by atoms with E-state index in [0.29, 0.717) is 6.07 Å². The Morgan fingerprint density at radius 2 is 1.80 bits per heavy atom. The zero-order chi connectivity index (χ0) is 11.6. The Morgan fingerprint density at radius 3 is 2.27 bits per heavy atom. The van der Waals surface area contributed by atoms with Crippen LogP contribution in [0.4, 0.5) is 22.0 Å². The van der Waals surface area contributed by atoms with Crippen LogP contribution in [0, 0.1) is 11.6 Å². The SMILES string of the molecule is OCc1ccc(F)c(OC(F)(F)F)c1F. The second kappa shape index (κ2) is 4.01. The molecule has 1 aromatic carbocycles. The number of benzene rings is 1. The van der Waals surface area contributed by atoms with Crippen LogP contribution in [0.2, 0.25) is 0 Å². The lowest BCUT2D eigenvalue weighted by Gasteiger charge is -2.11. The average molecular weight is 228 g/mol. The molecule has 0 atom stereocenters. The number of ether oxygens (including phenoxy) is 1. The van der Waals surface area contributed by atoms with Crippen LogP contribution in [0.3, 0.4) is 0 Å². The lowest BCUT2D eigenvalue weighted by Crippen LogP contribution is -2.19. The molecule has 1 aromatic rings. The van der Waals surface area contributed by atoms with Crippen molar-refractivity contribution in [2.45, 2.75) is 13.0 Å². The molecule has 0 aromatic heterocycles. The minimum atomic E-state index is -5.18. The van der Waals surface area contributed by atoms with E-state index in [9.17, 15) is 22.0 Å². The molecule has 0 aliphatic rings. The van der Waals surface area contributed by atoms with Gasteiger partial charge in [0.1, 0.15) is 0 Å². The van der Waals surface area contributed by atoms with Crippen molar-refractivity contribution in [2.75, 3.05) is 0 Å². The van der Waals surface area contributed by atoms with Crippen molar-refractivity contribution >= 4 is 0 Å². The molecule has 1 N–H and O–H groups in total. The molecular formula is C8H5F5O2. The number of alkyl halides is 3. The van der Waals surface area contributed by atoms with Crippen molar-refractivity contribution < 1.29 is 31.8 Å². The third kappa shape index (κ3) is 2.79. The van der Waals surface area contributed by atoms with E-state index < -0.39 is 35.9 Å². The minimum Gasteiger partial charge on any atom is -0.399 e. The smallest absolute Gasteiger partial charge is 0.399 e. The molecule has 15 heavy (non-hydrogen) atoms. The van der Waals surface area contributed by atoms with Crippen LogP contribution in [0.1, 0.15) is 5.56 Å². The van der Waals surface area contributed by atoms with E-state index in [0.717, 1.165) is 6.07 Å². The molecule has 7 heteroatoms. The molecular weight excluding hydrogens is 223 g/mol. The molecule has 0 saturated heterocycles. The van der Waals surface area contributed by atoms with Crippen LogP contribution < -0.4 is 4.74 Å². The van der Waals surface area contributed by atoms with Gasteiger partial charge >= 0.3 is 6.36 Å². The molecule has 1 rings (SSSR count). The summed E-state index contributed by atoms with van der Waals surface area (Å²) >= 11 is 0. The fraction of sp³-hybridized carbons (Fsp3) is 0.250. The van der Waals surface area contributed by atoms with E-state index >= 15 is 0 Å². The summed E-state index contributed by atoms with van der Waals surface area (Å²) in [6.07, 6.45) is -5.18. The maximum atomic E-state index is 13.0. The van der Waals surface area contributed by atoms with E-state index in [-0.39, 0.29) is 0 Å². The lowest BCUT2D eigenvalue weighted by molar-refractivity contribution is -0.276. The number of rotatable bonds is 2. The van der Waals surface area contributed by atoms with Crippen LogP contribution in [0.5, 0.6) is 5.75 Å². The van der Waals surface area contributed by atoms with Crippen LogP contribution in [0.15, 0.2) is 12.1 Å². The Labute approximate surface area is 80.9 Å². The maximum Gasteiger partial charge on any atom is 0.573 e. The molecule has 0 saturated carbocycles. The highest BCUT2D eigenvalue weighted by Crippen LogP contribution is 2.30. The highest BCUT2D eigenvalue weighted by Gasteiger charge is 2.34. The maximum absolute atomic E-state index is 13.0. The highest BCUT2D eigenvalue weighted by atomic mass is 19.4. The van der Waals surface area contributed by atoms with Gasteiger partial charge in [0, 0.05) is 5.56 Å². The molecule has 0 aliphatic heterocycles. The molecule has 0 heterocycles. The summed E-state index contributed by atoms with van der Waals surface area (Å²) in [5.41, 5.74) is -0.476. The Morgan fingerprint density at radius 1 is 1.20 bits per heavy atom. The summed E-state index contributed by atoms with van der Waals surface area (Å²) in [5.74, 6) is -4.61. The fourth-order valence-corrected chi connectivity index (χ4v) is 0.905. The van der Waals surface area contributed by atoms with Crippen LogP contribution in [-0.4, -0.2) is 11.5 Å². The van der Waals surface area contributed by atoms with Gasteiger partial charge in [-0.3, -0.25) is 0 Å². The summed E-state index contributed by atoms with van der Waals surface area (Å²) in [6, 6.07) is 1.41. The van der Waals surface area contributed by atoms with Crippen molar-refractivity contribution in [1.29, 1.82) is 0 Å². The lowest BCUT2D eigenvalue weighted by atomic mass is 10.2. The topological polar surface area (TPSA) is 29.5 Å². The Hall–Kier alpha value is -1.37. The summed E-state index contributed by atoms with van der Waals surface area (Å²) < 4.78 is 64.1. The first-order valence-corrected chi connectivity index (χ1v) is 3.68. The Bertz CT molecular complexity index is 361. The second-order valence-electron chi connectivity index (χ2n) is 2.56. The number of hydrogen-bond acceptors (Lipinski definition) is 2. The zero-order valence-electron chi connectivity index (χ0n) is 7.11. The molecule has 2 nitrogen and oxygen atoms in total. The first-order valence-electron chi connectivity index (χ1n) is 3.68. The van der Waals surface area contributed by atoms with Crippen molar-refractivity contribution in [3.05, 3.63) is 29.3 Å². The fourth-order valence-electron chi connectivity index (χ4n) is 0.905. The Kier molecular flexibility index (Phi) is 3.13. The number of aliphatic hydroxyl groups is 1. The summed E-state index contributed by atoms with van der Waals surface area (Å²) in [7, 11) is 0. The normalized spacial score (nSPS) is 11.6. The predicted molar refractivity (Wildman–Crippen MR) is 39.0 cm³/mol. The molecule has 0 amide bonds. The molecule has 0 spiro atoms. The van der Waals surface area contributed by atoms with Gasteiger partial charge in [-0.05, 0) is 6.07 Å². The van der Waals surface area contributed by atoms with Gasteiger partial charge in [-0.2, -0.15) is 0 Å². The number of halogens is 5. The predicted octanol–water partition coefficient (Wildman–Crippen LogP) is 2.36. The van der Waals surface area contributed by atoms with Gasteiger partial charge in [0.25, 0.3) is 0 Å². The van der Waals surface area contributed by atoms with E-state index in [2.05, 4.69) is 4.74 Å². The quantitative estimate of drug-likeness (QED) is 0.787. The third-order valence-corrected chi connectivity index (χ3v) is 1.52. The van der Waals surface area contributed by atoms with E-state index in [1.807, 2.05) is 0 Å². The van der Waals surface area contributed by atoms with Gasteiger partial charge in [0.15, 0.2) is 11.6 Å². The second-order valence-corrected chi connectivity index (χ2v) is 2.56. The van der Waals surface area contributed by atoms with Crippen molar-refractivity contribution in [3.8, 4) is 5.75 Å². The number of hydrogen-bond donors (Lipinski definition) is 1. The van der Waals surface area contributed by atoms with Crippen LogP contribution >= 0.6 is 0 Å². The average Bonchev–Trinajstić information content (AvgIpc) is 2.11. The monoisotopic (exact) mass is 228 g/mol. The summed E-state index contributed by atoms with van der Waals surface area (Å²) in [5, 5.41) is 8.53. The molecule has 84 valence electrons. The molecule has 0 unspecified atom stereocenters. The first-order chi connectivity index (χ1) is 6.85. The van der Waals surface area contributed by atoms with Crippen molar-refractivity contribution in [1.82, 2.24) is 0 Å². The van der Waals surface area contributed by atoms with Crippen molar-refractivity contribution in [3.63, 3.8) is 0 Å². The van der Waals surface area contributed by atoms with E-state index in [1.165, 1.54) is 0 Å². The molecule has 0 fully saturated rings. The van der Waals surface area contributed by atoms with Crippen LogP contribution in [0.25, 0.3) is 0 Å². The van der Waals surface area contributed by atoms with Gasteiger partial charge in [-0.25, -0.2) is 8.78 Å². The third-order valence-electron chi connectivity index (χ3n) is 1.52. The molecule has 0 radical (unpaired) electrons. The van der Waals surface area contributed by atoms with Crippen LogP contribution in [-0.2, 0) is 6.61 Å². The summed E-state index contributed by atoms with van der Waals surface area (Å²) in [6.45, 7) is -0.847. The highest BCUT2D eigenvalue weighted by molar-refractivity contribution is 5.32. The standard InChI is InChI=1S/C8H5F5O2/c9-5-2-1-4(3-14)6(10)7(5)15-8(11,12)13/h1-2,14H,3H2. The molecule has 0 bridgehead atoms. The van der Waals surface area contributed by atoms with Gasteiger partial charge in [-0.15, -0.1) is 13.2 Å². The minimum absolute atomic E-state index is 0.476. The van der Waals surface area contributed by atoms with Gasteiger partial charge in [-0.1, -0.05) is 6.07 Å². The Balaban J connectivity index is 3.15. The van der Waals surface area contributed by atoms with Gasteiger partial charge < -0.3 is 9.84 Å². The van der Waals surface area contributed by atoms with Crippen molar-refractivity contribution in [2.24, 2.45) is 0 Å². The first kappa shape index (κ1) is 11.7. The summed E-state index contributed by atoms with van der Waals surface area (Å²) in [4.78, 5) is 0. The van der Waals surface area contributed by atoms with Gasteiger partial charge in [0.2, 0.25) is 5.75 Å². The van der Waals surface area contributed by atoms with E-state index in [1.54, 1.807) is 0 Å². The van der Waals surface area contributed by atoms with E-state index in [4.69, 9.17) is 5.11 Å². The molecule has 0 aliphatic carbocycles.